The Hall–Kier alpha value is -0.870. The van der Waals surface area contributed by atoms with E-state index in [1.54, 1.807) is 7.11 Å². The predicted octanol–water partition coefficient (Wildman–Crippen LogP) is 3.00. The molecule has 1 fully saturated rings. The maximum atomic E-state index is 9.99. The smallest absolute Gasteiger partial charge is 0.141 e. The van der Waals surface area contributed by atoms with Crippen molar-refractivity contribution in [2.45, 2.75) is 25.8 Å². The van der Waals surface area contributed by atoms with E-state index in [0.717, 1.165) is 29.4 Å². The van der Waals surface area contributed by atoms with Gasteiger partial charge in [-0.25, -0.2) is 0 Å². The lowest BCUT2D eigenvalue weighted by Gasteiger charge is -2.50. The molecule has 1 aromatic carbocycles. The molecule has 0 bridgehead atoms. The number of ether oxygens (including phenoxy) is 1. The molecule has 1 atom stereocenters. The Kier molecular flexibility index (Phi) is 4.31. The number of para-hydroxylation sites is 2. The molecule has 1 aromatic rings. The first-order valence-electron chi connectivity index (χ1n) is 6.64. The molecular weight excluding hydrogens is 258 g/mol. The number of nitrogens with one attached hydrogen (secondary N) is 1. The molecule has 1 aliphatic heterocycles. The Morgan fingerprint density at radius 1 is 1.37 bits per heavy atom. The first-order valence-corrected chi connectivity index (χ1v) is 7.80. The van der Waals surface area contributed by atoms with Gasteiger partial charge in [0, 0.05) is 5.75 Å². The van der Waals surface area contributed by atoms with E-state index >= 15 is 0 Å². The van der Waals surface area contributed by atoms with Crippen LogP contribution in [0.25, 0.3) is 0 Å². The van der Waals surface area contributed by atoms with E-state index in [1.807, 2.05) is 36.0 Å². The maximum Gasteiger partial charge on any atom is 0.141 e. The van der Waals surface area contributed by atoms with Crippen molar-refractivity contribution in [3.8, 4) is 5.75 Å². The minimum absolute atomic E-state index is 0.0495. The van der Waals surface area contributed by atoms with Crippen molar-refractivity contribution in [1.82, 2.24) is 0 Å². The third-order valence-corrected chi connectivity index (χ3v) is 5.46. The number of hydrogen-bond donors (Lipinski definition) is 2. The van der Waals surface area contributed by atoms with Crippen molar-refractivity contribution in [2.24, 2.45) is 5.41 Å². The summed E-state index contributed by atoms with van der Waals surface area (Å²) in [6.07, 6.45) is 1.10. The average molecular weight is 281 g/mol. The number of benzene rings is 1. The van der Waals surface area contributed by atoms with Gasteiger partial charge in [-0.05, 0) is 29.7 Å². The fraction of sp³-hybridized carbons (Fsp3) is 0.600. The highest BCUT2D eigenvalue weighted by atomic mass is 32.2. The van der Waals surface area contributed by atoms with Gasteiger partial charge in [-0.1, -0.05) is 26.0 Å². The summed E-state index contributed by atoms with van der Waals surface area (Å²) < 4.78 is 5.39. The first kappa shape index (κ1) is 14.5. The van der Waals surface area contributed by atoms with Crippen LogP contribution in [0.3, 0.4) is 0 Å². The maximum absolute atomic E-state index is 9.99. The van der Waals surface area contributed by atoms with Gasteiger partial charge in [0.15, 0.2) is 0 Å². The molecule has 1 aliphatic rings. The van der Waals surface area contributed by atoms with Crippen LogP contribution in [0.4, 0.5) is 5.69 Å². The highest BCUT2D eigenvalue weighted by Gasteiger charge is 2.47. The van der Waals surface area contributed by atoms with Crippen LogP contribution in [0.2, 0.25) is 0 Å². The highest BCUT2D eigenvalue weighted by Crippen LogP contribution is 2.45. The number of rotatable bonds is 4. The van der Waals surface area contributed by atoms with Gasteiger partial charge in [0.25, 0.3) is 0 Å². The third kappa shape index (κ3) is 2.70. The number of anilines is 1. The Labute approximate surface area is 119 Å². The van der Waals surface area contributed by atoms with Crippen LogP contribution in [-0.2, 0) is 0 Å². The van der Waals surface area contributed by atoms with Crippen molar-refractivity contribution in [3.63, 3.8) is 0 Å². The molecule has 2 rings (SSSR count). The fourth-order valence-electron chi connectivity index (χ4n) is 2.52. The monoisotopic (exact) mass is 281 g/mol. The van der Waals surface area contributed by atoms with Crippen molar-refractivity contribution in [1.29, 1.82) is 0 Å². The Balaban J connectivity index is 2.32. The van der Waals surface area contributed by atoms with E-state index in [4.69, 9.17) is 4.74 Å². The van der Waals surface area contributed by atoms with Crippen molar-refractivity contribution in [2.75, 3.05) is 30.5 Å². The first-order chi connectivity index (χ1) is 9.04. The molecule has 0 saturated carbocycles. The van der Waals surface area contributed by atoms with Crippen molar-refractivity contribution in [3.05, 3.63) is 24.3 Å². The number of aliphatic hydroxyl groups excluding tert-OH is 1. The highest BCUT2D eigenvalue weighted by molar-refractivity contribution is 7.99. The molecule has 1 saturated heterocycles. The molecule has 4 heteroatoms. The standard InChI is InChI=1S/C15H23NO2S/c1-14(2)8-9-19-11-15(14,10-17)16-12-6-4-5-7-13(12)18-3/h4-7,16-17H,8-11H2,1-3H3. The number of hydrogen-bond acceptors (Lipinski definition) is 4. The van der Waals surface area contributed by atoms with Crippen LogP contribution >= 0.6 is 11.8 Å². The topological polar surface area (TPSA) is 41.5 Å². The van der Waals surface area contributed by atoms with E-state index in [9.17, 15) is 5.11 Å². The second-order valence-corrected chi connectivity index (χ2v) is 6.86. The molecule has 2 N–H and O–H groups in total. The lowest BCUT2D eigenvalue weighted by Crippen LogP contribution is -2.58. The summed E-state index contributed by atoms with van der Waals surface area (Å²) in [4.78, 5) is 0. The normalized spacial score (nSPS) is 25.9. The zero-order valence-corrected chi connectivity index (χ0v) is 12.7. The van der Waals surface area contributed by atoms with E-state index in [2.05, 4.69) is 19.2 Å². The summed E-state index contributed by atoms with van der Waals surface area (Å²) >= 11 is 1.90. The molecular formula is C15H23NO2S. The van der Waals surface area contributed by atoms with Gasteiger partial charge in [-0.2, -0.15) is 11.8 Å². The van der Waals surface area contributed by atoms with Gasteiger partial charge in [0.05, 0.1) is 24.9 Å². The SMILES string of the molecule is COc1ccccc1NC1(CO)CSCCC1(C)C. The largest absolute Gasteiger partial charge is 0.495 e. The Bertz CT molecular complexity index is 436. The molecule has 0 aliphatic carbocycles. The third-order valence-electron chi connectivity index (χ3n) is 4.27. The molecule has 0 radical (unpaired) electrons. The van der Waals surface area contributed by atoms with Crippen LogP contribution in [0.15, 0.2) is 24.3 Å². The van der Waals surface area contributed by atoms with Crippen molar-refractivity contribution >= 4 is 17.4 Å². The molecule has 1 unspecified atom stereocenters. The van der Waals surface area contributed by atoms with Crippen LogP contribution in [-0.4, -0.2) is 35.9 Å². The summed E-state index contributed by atoms with van der Waals surface area (Å²) in [6, 6.07) is 7.89. The second-order valence-electron chi connectivity index (χ2n) is 5.75. The predicted molar refractivity (Wildman–Crippen MR) is 82.2 cm³/mol. The molecule has 0 amide bonds. The minimum atomic E-state index is -0.301. The van der Waals surface area contributed by atoms with Crippen LogP contribution in [0.1, 0.15) is 20.3 Å². The Morgan fingerprint density at radius 2 is 2.11 bits per heavy atom. The molecule has 19 heavy (non-hydrogen) atoms. The van der Waals surface area contributed by atoms with Crippen molar-refractivity contribution < 1.29 is 9.84 Å². The summed E-state index contributed by atoms with van der Waals surface area (Å²) in [5, 5.41) is 13.5. The van der Waals surface area contributed by atoms with Crippen LogP contribution in [0, 0.1) is 5.41 Å². The average Bonchev–Trinajstić information content (AvgIpc) is 2.41. The summed E-state index contributed by atoms with van der Waals surface area (Å²) in [5.74, 6) is 2.89. The fourth-order valence-corrected chi connectivity index (χ4v) is 4.22. The number of methoxy groups -OCH3 is 1. The molecule has 3 nitrogen and oxygen atoms in total. The van der Waals surface area contributed by atoms with Gasteiger partial charge < -0.3 is 15.2 Å². The summed E-state index contributed by atoms with van der Waals surface area (Å²) in [7, 11) is 1.67. The second kappa shape index (κ2) is 5.63. The Morgan fingerprint density at radius 3 is 2.74 bits per heavy atom. The molecule has 1 heterocycles. The van der Waals surface area contributed by atoms with E-state index < -0.39 is 0 Å². The van der Waals surface area contributed by atoms with Gasteiger partial charge in [0.1, 0.15) is 5.75 Å². The van der Waals surface area contributed by atoms with E-state index in [0.29, 0.717) is 0 Å². The number of thioether (sulfide) groups is 1. The molecule has 0 spiro atoms. The lowest BCUT2D eigenvalue weighted by molar-refractivity contribution is 0.110. The lowest BCUT2D eigenvalue weighted by atomic mass is 9.71. The zero-order valence-electron chi connectivity index (χ0n) is 11.9. The molecule has 106 valence electrons. The summed E-state index contributed by atoms with van der Waals surface area (Å²) in [6.45, 7) is 4.59. The van der Waals surface area contributed by atoms with Gasteiger partial charge >= 0.3 is 0 Å². The van der Waals surface area contributed by atoms with Gasteiger partial charge in [-0.15, -0.1) is 0 Å². The zero-order chi connectivity index (χ0) is 13.9. The van der Waals surface area contributed by atoms with Gasteiger partial charge in [0.2, 0.25) is 0 Å². The van der Waals surface area contributed by atoms with Crippen LogP contribution in [0.5, 0.6) is 5.75 Å². The van der Waals surface area contributed by atoms with Gasteiger partial charge in [-0.3, -0.25) is 0 Å². The van der Waals surface area contributed by atoms with E-state index in [-0.39, 0.29) is 17.6 Å². The minimum Gasteiger partial charge on any atom is -0.495 e. The number of aliphatic hydroxyl groups is 1. The van der Waals surface area contributed by atoms with E-state index in [1.165, 1.54) is 0 Å². The summed E-state index contributed by atoms with van der Waals surface area (Å²) in [5.41, 5.74) is 0.702. The molecule has 0 aromatic heterocycles. The van der Waals surface area contributed by atoms with Crippen LogP contribution < -0.4 is 10.1 Å². The quantitative estimate of drug-likeness (QED) is 0.890.